The number of anilines is 2. The Balaban J connectivity index is 1.51. The zero-order valence-corrected chi connectivity index (χ0v) is 17.0. The van der Waals surface area contributed by atoms with Gasteiger partial charge in [-0.3, -0.25) is 9.59 Å². The van der Waals surface area contributed by atoms with E-state index in [1.165, 1.54) is 5.56 Å². The van der Waals surface area contributed by atoms with E-state index in [9.17, 15) is 9.59 Å². The van der Waals surface area contributed by atoms with Crippen molar-refractivity contribution in [3.05, 3.63) is 60.2 Å². The standard InChI is InChI=1S/C24H30N2O2/c1-17(2)18-13-15-21(16-14-18)25-23(27)19-9-11-20(12-10-19)24(28)26(3)22-7-5-4-6-8-22/h4-8,13-17,19-20H,9-12H2,1-3H3,(H,25,27). The molecule has 1 aliphatic carbocycles. The van der Waals surface area contributed by atoms with Gasteiger partial charge in [-0.15, -0.1) is 0 Å². The van der Waals surface area contributed by atoms with E-state index in [4.69, 9.17) is 0 Å². The second-order valence-corrected chi connectivity index (χ2v) is 8.05. The summed E-state index contributed by atoms with van der Waals surface area (Å²) in [6, 6.07) is 17.8. The second-order valence-electron chi connectivity index (χ2n) is 8.05. The Labute approximate surface area is 167 Å². The van der Waals surface area contributed by atoms with E-state index in [-0.39, 0.29) is 23.7 Å². The van der Waals surface area contributed by atoms with E-state index >= 15 is 0 Å². The maximum atomic E-state index is 12.8. The quantitative estimate of drug-likeness (QED) is 0.776. The summed E-state index contributed by atoms with van der Waals surface area (Å²) in [5, 5.41) is 3.04. The van der Waals surface area contributed by atoms with Gasteiger partial charge in [-0.25, -0.2) is 0 Å². The lowest BCUT2D eigenvalue weighted by molar-refractivity contribution is -0.126. The van der Waals surface area contributed by atoms with E-state index in [0.29, 0.717) is 5.92 Å². The van der Waals surface area contributed by atoms with Gasteiger partial charge >= 0.3 is 0 Å². The van der Waals surface area contributed by atoms with Gasteiger partial charge in [0.15, 0.2) is 0 Å². The third kappa shape index (κ3) is 4.80. The van der Waals surface area contributed by atoms with Crippen LogP contribution in [0.3, 0.4) is 0 Å². The van der Waals surface area contributed by atoms with Crippen LogP contribution in [0.15, 0.2) is 54.6 Å². The lowest BCUT2D eigenvalue weighted by Gasteiger charge is -2.30. The molecule has 4 nitrogen and oxygen atoms in total. The predicted octanol–water partition coefficient (Wildman–Crippen LogP) is 5.22. The van der Waals surface area contributed by atoms with Gasteiger partial charge in [-0.05, 0) is 61.4 Å². The minimum atomic E-state index is -0.0177. The first kappa shape index (κ1) is 20.1. The SMILES string of the molecule is CC(C)c1ccc(NC(=O)C2CCC(C(=O)N(C)c3ccccc3)CC2)cc1. The lowest BCUT2D eigenvalue weighted by atomic mass is 9.81. The molecule has 1 fully saturated rings. The molecule has 0 spiro atoms. The number of para-hydroxylation sites is 1. The molecule has 28 heavy (non-hydrogen) atoms. The smallest absolute Gasteiger partial charge is 0.229 e. The number of carbonyl (C=O) groups is 2. The molecule has 2 aromatic rings. The highest BCUT2D eigenvalue weighted by molar-refractivity contribution is 5.95. The molecule has 0 aromatic heterocycles. The van der Waals surface area contributed by atoms with Crippen LogP contribution in [0, 0.1) is 11.8 Å². The molecule has 2 amide bonds. The summed E-state index contributed by atoms with van der Waals surface area (Å²) in [6.45, 7) is 4.31. The summed E-state index contributed by atoms with van der Waals surface area (Å²) in [5.74, 6) is 0.677. The molecule has 0 radical (unpaired) electrons. The molecule has 1 aliphatic rings. The molecule has 0 atom stereocenters. The van der Waals surface area contributed by atoms with Crippen LogP contribution in [0.1, 0.15) is 51.0 Å². The molecule has 148 valence electrons. The van der Waals surface area contributed by atoms with Gasteiger partial charge in [0.05, 0.1) is 0 Å². The van der Waals surface area contributed by atoms with Crippen molar-refractivity contribution in [2.24, 2.45) is 11.8 Å². The van der Waals surface area contributed by atoms with Crippen molar-refractivity contribution in [3.8, 4) is 0 Å². The third-order valence-corrected chi connectivity index (χ3v) is 5.77. The topological polar surface area (TPSA) is 49.4 Å². The van der Waals surface area contributed by atoms with Crippen LogP contribution in [0.4, 0.5) is 11.4 Å². The van der Waals surface area contributed by atoms with Crippen LogP contribution in [0.2, 0.25) is 0 Å². The van der Waals surface area contributed by atoms with Gasteiger partial charge in [0.25, 0.3) is 0 Å². The summed E-state index contributed by atoms with van der Waals surface area (Å²) in [6.07, 6.45) is 3.05. The number of rotatable bonds is 5. The number of nitrogens with one attached hydrogen (secondary N) is 1. The summed E-state index contributed by atoms with van der Waals surface area (Å²) in [4.78, 5) is 27.1. The number of benzene rings is 2. The first-order valence-corrected chi connectivity index (χ1v) is 10.2. The van der Waals surface area contributed by atoms with Crippen LogP contribution < -0.4 is 10.2 Å². The van der Waals surface area contributed by atoms with Gasteiger partial charge in [-0.1, -0.05) is 44.2 Å². The molecule has 3 rings (SSSR count). The fourth-order valence-electron chi connectivity index (χ4n) is 3.85. The Morgan fingerprint density at radius 3 is 2.04 bits per heavy atom. The Bertz CT molecular complexity index is 791. The average Bonchev–Trinajstić information content (AvgIpc) is 2.73. The monoisotopic (exact) mass is 378 g/mol. The second kappa shape index (κ2) is 9.05. The average molecular weight is 379 g/mol. The van der Waals surface area contributed by atoms with Crippen molar-refractivity contribution in [2.75, 3.05) is 17.3 Å². The Hall–Kier alpha value is -2.62. The summed E-state index contributed by atoms with van der Waals surface area (Å²) in [7, 11) is 1.83. The Morgan fingerprint density at radius 1 is 0.893 bits per heavy atom. The molecule has 0 saturated heterocycles. The Morgan fingerprint density at radius 2 is 1.46 bits per heavy atom. The summed E-state index contributed by atoms with van der Waals surface area (Å²) in [5.41, 5.74) is 3.02. The number of amides is 2. The van der Waals surface area contributed by atoms with E-state index in [0.717, 1.165) is 37.1 Å². The molecular formula is C24H30N2O2. The molecule has 0 unspecified atom stereocenters. The highest BCUT2D eigenvalue weighted by Gasteiger charge is 2.31. The van der Waals surface area contributed by atoms with Gasteiger partial charge in [0, 0.05) is 30.3 Å². The van der Waals surface area contributed by atoms with Gasteiger partial charge < -0.3 is 10.2 Å². The van der Waals surface area contributed by atoms with Crippen molar-refractivity contribution in [3.63, 3.8) is 0 Å². The zero-order chi connectivity index (χ0) is 20.1. The van der Waals surface area contributed by atoms with Crippen LogP contribution >= 0.6 is 0 Å². The number of hydrogen-bond acceptors (Lipinski definition) is 2. The van der Waals surface area contributed by atoms with E-state index in [1.807, 2.05) is 49.5 Å². The summed E-state index contributed by atoms with van der Waals surface area (Å²) >= 11 is 0. The molecule has 1 N–H and O–H groups in total. The minimum absolute atomic E-state index is 0.000388. The van der Waals surface area contributed by atoms with Crippen LogP contribution in [-0.4, -0.2) is 18.9 Å². The predicted molar refractivity (Wildman–Crippen MR) is 114 cm³/mol. The third-order valence-electron chi connectivity index (χ3n) is 5.77. The fourth-order valence-corrected chi connectivity index (χ4v) is 3.85. The highest BCUT2D eigenvalue weighted by Crippen LogP contribution is 2.32. The van der Waals surface area contributed by atoms with Gasteiger partial charge in [0.1, 0.15) is 0 Å². The van der Waals surface area contributed by atoms with Crippen LogP contribution in [-0.2, 0) is 9.59 Å². The van der Waals surface area contributed by atoms with Gasteiger partial charge in [-0.2, -0.15) is 0 Å². The maximum Gasteiger partial charge on any atom is 0.229 e. The molecule has 2 aromatic carbocycles. The molecule has 1 saturated carbocycles. The lowest BCUT2D eigenvalue weighted by Crippen LogP contribution is -2.36. The first-order chi connectivity index (χ1) is 13.5. The van der Waals surface area contributed by atoms with Crippen molar-refractivity contribution in [2.45, 2.75) is 45.4 Å². The normalized spacial score (nSPS) is 19.3. The molecular weight excluding hydrogens is 348 g/mol. The van der Waals surface area contributed by atoms with Crippen molar-refractivity contribution in [1.82, 2.24) is 0 Å². The van der Waals surface area contributed by atoms with E-state index in [1.54, 1.807) is 4.90 Å². The molecule has 4 heteroatoms. The molecule has 0 bridgehead atoms. The first-order valence-electron chi connectivity index (χ1n) is 10.2. The number of nitrogens with zero attached hydrogens (tertiary/aromatic N) is 1. The number of hydrogen-bond donors (Lipinski definition) is 1. The molecule has 0 heterocycles. The Kier molecular flexibility index (Phi) is 6.50. The fraction of sp³-hybridized carbons (Fsp3) is 0.417. The van der Waals surface area contributed by atoms with Crippen LogP contribution in [0.5, 0.6) is 0 Å². The van der Waals surface area contributed by atoms with E-state index < -0.39 is 0 Å². The van der Waals surface area contributed by atoms with Gasteiger partial charge in [0.2, 0.25) is 11.8 Å². The maximum absolute atomic E-state index is 12.8. The highest BCUT2D eigenvalue weighted by atomic mass is 16.2. The zero-order valence-electron chi connectivity index (χ0n) is 17.0. The molecule has 0 aliphatic heterocycles. The van der Waals surface area contributed by atoms with E-state index in [2.05, 4.69) is 31.3 Å². The largest absolute Gasteiger partial charge is 0.326 e. The van der Waals surface area contributed by atoms with Crippen molar-refractivity contribution >= 4 is 23.2 Å². The summed E-state index contributed by atoms with van der Waals surface area (Å²) < 4.78 is 0. The minimum Gasteiger partial charge on any atom is -0.326 e. The van der Waals surface area contributed by atoms with Crippen LogP contribution in [0.25, 0.3) is 0 Å². The number of carbonyl (C=O) groups excluding carboxylic acids is 2. The van der Waals surface area contributed by atoms with Crippen molar-refractivity contribution < 1.29 is 9.59 Å². The van der Waals surface area contributed by atoms with Crippen molar-refractivity contribution in [1.29, 1.82) is 0 Å².